The maximum Gasteiger partial charge on any atom is 0.284 e. The molecular formula is C13H14N4O3S. The number of nitrogens with zero attached hydrogens (tertiary/aromatic N) is 3. The highest BCUT2D eigenvalue weighted by atomic mass is 32.1. The SMILES string of the molecule is Cc1csc(CN(C)C(=O)c2c(N)cccc2[N+](=O)[O-])n1. The number of anilines is 1. The molecule has 1 amide bonds. The molecule has 0 bridgehead atoms. The molecule has 2 N–H and O–H groups in total. The van der Waals surface area contributed by atoms with Crippen LogP contribution in [-0.4, -0.2) is 27.8 Å². The smallest absolute Gasteiger partial charge is 0.284 e. The maximum absolute atomic E-state index is 12.4. The summed E-state index contributed by atoms with van der Waals surface area (Å²) in [5.41, 5.74) is 6.33. The Kier molecular flexibility index (Phi) is 4.18. The van der Waals surface area contributed by atoms with Crippen molar-refractivity contribution >= 4 is 28.6 Å². The van der Waals surface area contributed by atoms with Gasteiger partial charge in [-0.3, -0.25) is 14.9 Å². The van der Waals surface area contributed by atoms with Crippen molar-refractivity contribution in [3.05, 3.63) is 50.0 Å². The second-order valence-corrected chi connectivity index (χ2v) is 5.48. The molecule has 2 aromatic rings. The number of thiazole rings is 1. The maximum atomic E-state index is 12.4. The molecule has 0 aliphatic heterocycles. The van der Waals surface area contributed by atoms with Crippen LogP contribution in [0.4, 0.5) is 11.4 Å². The van der Waals surface area contributed by atoms with E-state index in [1.54, 1.807) is 7.05 Å². The molecule has 0 unspecified atom stereocenters. The number of rotatable bonds is 4. The van der Waals surface area contributed by atoms with Gasteiger partial charge in [-0.05, 0) is 13.0 Å². The summed E-state index contributed by atoms with van der Waals surface area (Å²) < 4.78 is 0. The van der Waals surface area contributed by atoms with Crippen LogP contribution in [0.3, 0.4) is 0 Å². The van der Waals surface area contributed by atoms with Gasteiger partial charge in [0.25, 0.3) is 11.6 Å². The van der Waals surface area contributed by atoms with E-state index in [2.05, 4.69) is 4.98 Å². The van der Waals surface area contributed by atoms with Gasteiger partial charge in [-0.15, -0.1) is 11.3 Å². The fourth-order valence-corrected chi connectivity index (χ4v) is 2.71. The molecule has 0 spiro atoms. The van der Waals surface area contributed by atoms with Gasteiger partial charge >= 0.3 is 0 Å². The highest BCUT2D eigenvalue weighted by molar-refractivity contribution is 7.09. The summed E-state index contributed by atoms with van der Waals surface area (Å²) in [7, 11) is 1.56. The van der Waals surface area contributed by atoms with E-state index in [9.17, 15) is 14.9 Å². The van der Waals surface area contributed by atoms with Crippen LogP contribution in [0.1, 0.15) is 21.1 Å². The largest absolute Gasteiger partial charge is 0.398 e. The third kappa shape index (κ3) is 3.16. The van der Waals surface area contributed by atoms with Gasteiger partial charge in [0.2, 0.25) is 0 Å². The van der Waals surface area contributed by atoms with Crippen molar-refractivity contribution in [3.63, 3.8) is 0 Å². The number of nitro groups is 1. The number of carbonyl (C=O) groups is 1. The molecule has 0 aliphatic carbocycles. The lowest BCUT2D eigenvalue weighted by atomic mass is 10.1. The number of aromatic nitrogens is 1. The molecule has 0 aliphatic rings. The second kappa shape index (κ2) is 5.88. The zero-order valence-electron chi connectivity index (χ0n) is 11.6. The highest BCUT2D eigenvalue weighted by Gasteiger charge is 2.25. The first kappa shape index (κ1) is 14.9. The molecular weight excluding hydrogens is 292 g/mol. The summed E-state index contributed by atoms with van der Waals surface area (Å²) in [5.74, 6) is -0.493. The molecule has 110 valence electrons. The van der Waals surface area contributed by atoms with Crippen molar-refractivity contribution in [1.29, 1.82) is 0 Å². The summed E-state index contributed by atoms with van der Waals surface area (Å²) in [6, 6.07) is 4.20. The van der Waals surface area contributed by atoms with E-state index in [1.165, 1.54) is 34.4 Å². The first-order valence-corrected chi connectivity index (χ1v) is 6.97. The van der Waals surface area contributed by atoms with Crippen LogP contribution in [0.2, 0.25) is 0 Å². The van der Waals surface area contributed by atoms with Crippen molar-refractivity contribution in [2.45, 2.75) is 13.5 Å². The van der Waals surface area contributed by atoms with Gasteiger partial charge in [0.05, 0.1) is 17.2 Å². The number of aryl methyl sites for hydroxylation is 1. The molecule has 0 radical (unpaired) electrons. The van der Waals surface area contributed by atoms with Crippen molar-refractivity contribution in [1.82, 2.24) is 9.88 Å². The van der Waals surface area contributed by atoms with Crippen molar-refractivity contribution < 1.29 is 9.72 Å². The fraction of sp³-hybridized carbons (Fsp3) is 0.231. The summed E-state index contributed by atoms with van der Waals surface area (Å²) in [6.07, 6.45) is 0. The van der Waals surface area contributed by atoms with Crippen LogP contribution in [0.15, 0.2) is 23.6 Å². The third-order valence-electron chi connectivity index (χ3n) is 2.87. The van der Waals surface area contributed by atoms with Gasteiger partial charge in [-0.25, -0.2) is 4.98 Å². The Bertz CT molecular complexity index is 698. The number of benzene rings is 1. The number of hydrogen-bond donors (Lipinski definition) is 1. The topological polar surface area (TPSA) is 102 Å². The van der Waals surface area contributed by atoms with Crippen molar-refractivity contribution in [2.24, 2.45) is 0 Å². The van der Waals surface area contributed by atoms with E-state index >= 15 is 0 Å². The summed E-state index contributed by atoms with van der Waals surface area (Å²) >= 11 is 1.44. The molecule has 0 saturated carbocycles. The van der Waals surface area contributed by atoms with Gasteiger partial charge < -0.3 is 10.6 Å². The van der Waals surface area contributed by atoms with Crippen LogP contribution in [0, 0.1) is 17.0 Å². The normalized spacial score (nSPS) is 10.4. The monoisotopic (exact) mass is 306 g/mol. The van der Waals surface area contributed by atoms with Crippen molar-refractivity contribution in [2.75, 3.05) is 12.8 Å². The number of carbonyl (C=O) groups excluding carboxylic acids is 1. The van der Waals surface area contributed by atoms with Gasteiger partial charge in [0, 0.05) is 24.2 Å². The summed E-state index contributed by atoms with van der Waals surface area (Å²) in [4.78, 5) is 28.5. The second-order valence-electron chi connectivity index (χ2n) is 4.54. The Morgan fingerprint density at radius 2 is 2.24 bits per heavy atom. The number of nitro benzene ring substituents is 1. The standard InChI is InChI=1S/C13H14N4O3S/c1-8-7-21-11(15-8)6-16(2)13(18)12-9(14)4-3-5-10(12)17(19)20/h3-5,7H,6,14H2,1-2H3. The van der Waals surface area contributed by atoms with Gasteiger partial charge in [-0.2, -0.15) is 0 Å². The molecule has 21 heavy (non-hydrogen) atoms. The number of nitrogens with two attached hydrogens (primary N) is 1. The molecule has 1 aromatic carbocycles. The Labute approximate surface area is 125 Å². The predicted molar refractivity (Wildman–Crippen MR) is 80.2 cm³/mol. The van der Waals surface area contributed by atoms with Crippen LogP contribution in [-0.2, 0) is 6.54 Å². The van der Waals surface area contributed by atoms with Crippen LogP contribution < -0.4 is 5.73 Å². The Balaban J connectivity index is 2.29. The zero-order chi connectivity index (χ0) is 15.6. The first-order valence-electron chi connectivity index (χ1n) is 6.09. The molecule has 2 rings (SSSR count). The van der Waals surface area contributed by atoms with Gasteiger partial charge in [-0.1, -0.05) is 6.07 Å². The average molecular weight is 306 g/mol. The number of nitrogen functional groups attached to an aromatic ring is 1. The average Bonchev–Trinajstić information content (AvgIpc) is 2.82. The minimum atomic E-state index is -0.606. The zero-order valence-corrected chi connectivity index (χ0v) is 12.4. The van der Waals surface area contributed by atoms with E-state index in [0.717, 1.165) is 10.7 Å². The van der Waals surface area contributed by atoms with E-state index in [1.807, 2.05) is 12.3 Å². The lowest BCUT2D eigenvalue weighted by Gasteiger charge is -2.16. The quantitative estimate of drug-likeness (QED) is 0.530. The number of hydrogen-bond acceptors (Lipinski definition) is 6. The van der Waals surface area contributed by atoms with Gasteiger partial charge in [0.15, 0.2) is 0 Å². The van der Waals surface area contributed by atoms with E-state index < -0.39 is 10.8 Å². The first-order chi connectivity index (χ1) is 9.90. The molecule has 1 heterocycles. The van der Waals surface area contributed by atoms with E-state index in [0.29, 0.717) is 0 Å². The van der Waals surface area contributed by atoms with Gasteiger partial charge in [0.1, 0.15) is 10.6 Å². The molecule has 1 aromatic heterocycles. The fourth-order valence-electron chi connectivity index (χ4n) is 1.88. The molecule has 0 saturated heterocycles. The minimum Gasteiger partial charge on any atom is -0.398 e. The minimum absolute atomic E-state index is 0.0849. The third-order valence-corrected chi connectivity index (χ3v) is 3.82. The summed E-state index contributed by atoms with van der Waals surface area (Å²) in [6.45, 7) is 2.14. The lowest BCUT2D eigenvalue weighted by Crippen LogP contribution is -2.27. The Morgan fingerprint density at radius 1 is 1.52 bits per heavy atom. The highest BCUT2D eigenvalue weighted by Crippen LogP contribution is 2.26. The Morgan fingerprint density at radius 3 is 2.81 bits per heavy atom. The molecule has 0 fully saturated rings. The molecule has 7 nitrogen and oxygen atoms in total. The molecule has 0 atom stereocenters. The van der Waals surface area contributed by atoms with Crippen LogP contribution >= 0.6 is 11.3 Å². The van der Waals surface area contributed by atoms with E-state index in [4.69, 9.17) is 5.73 Å². The van der Waals surface area contributed by atoms with Crippen LogP contribution in [0.5, 0.6) is 0 Å². The van der Waals surface area contributed by atoms with E-state index in [-0.39, 0.29) is 23.5 Å². The predicted octanol–water partition coefficient (Wildman–Crippen LogP) is 2.21. The van der Waals surface area contributed by atoms with Crippen LogP contribution in [0.25, 0.3) is 0 Å². The Hall–Kier alpha value is -2.48. The number of amides is 1. The lowest BCUT2D eigenvalue weighted by molar-refractivity contribution is -0.385. The summed E-state index contributed by atoms with van der Waals surface area (Å²) in [5, 5.41) is 13.7. The molecule has 8 heteroatoms. The van der Waals surface area contributed by atoms with Crippen molar-refractivity contribution in [3.8, 4) is 0 Å².